The third-order valence-corrected chi connectivity index (χ3v) is 6.60. The summed E-state index contributed by atoms with van der Waals surface area (Å²) in [6.07, 6.45) is 7.68. The highest BCUT2D eigenvalue weighted by Crippen LogP contribution is 2.45. The van der Waals surface area contributed by atoms with Gasteiger partial charge in [0, 0.05) is 19.2 Å². The van der Waals surface area contributed by atoms with Crippen LogP contribution < -0.4 is 0 Å². The number of nitrogens with zero attached hydrogens (tertiary/aromatic N) is 1. The molecule has 2 heterocycles. The van der Waals surface area contributed by atoms with Gasteiger partial charge < -0.3 is 9.15 Å². The van der Waals surface area contributed by atoms with E-state index in [0.717, 1.165) is 31.9 Å². The van der Waals surface area contributed by atoms with Crippen LogP contribution in [-0.2, 0) is 14.8 Å². The number of carbonyl (C=O) groups excluding carboxylic acids is 1. The van der Waals surface area contributed by atoms with Crippen molar-refractivity contribution < 1.29 is 22.4 Å². The van der Waals surface area contributed by atoms with E-state index < -0.39 is 16.0 Å². The number of methoxy groups -OCH3 is 1. The second-order valence-corrected chi connectivity index (χ2v) is 8.16. The van der Waals surface area contributed by atoms with Crippen molar-refractivity contribution in [1.29, 1.82) is 0 Å². The van der Waals surface area contributed by atoms with Gasteiger partial charge in [-0.2, -0.15) is 4.31 Å². The number of piperidine rings is 1. The van der Waals surface area contributed by atoms with Gasteiger partial charge in [-0.1, -0.05) is 12.8 Å². The molecule has 1 saturated carbocycles. The molecule has 1 aliphatic heterocycles. The Morgan fingerprint density at radius 1 is 1.27 bits per heavy atom. The number of esters is 1. The van der Waals surface area contributed by atoms with E-state index >= 15 is 0 Å². The predicted octanol–water partition coefficient (Wildman–Crippen LogP) is 2.41. The van der Waals surface area contributed by atoms with Gasteiger partial charge in [-0.05, 0) is 31.1 Å². The molecular weight excluding hydrogens is 306 g/mol. The summed E-state index contributed by atoms with van der Waals surface area (Å²) in [5.74, 6) is -0.601. The quantitative estimate of drug-likeness (QED) is 0.797. The molecule has 0 bridgehead atoms. The molecular formula is C15H21NO5S. The van der Waals surface area contributed by atoms with Crippen LogP contribution in [0, 0.1) is 5.41 Å². The van der Waals surface area contributed by atoms with Crippen LogP contribution in [0.15, 0.2) is 21.8 Å². The number of ether oxygens (including phenoxy) is 1. The second-order valence-electron chi connectivity index (χ2n) is 6.30. The fraction of sp³-hybridized carbons (Fsp3) is 0.667. The highest BCUT2D eigenvalue weighted by molar-refractivity contribution is 7.89. The molecule has 0 N–H and O–H groups in total. The van der Waals surface area contributed by atoms with Crippen LogP contribution in [0.3, 0.4) is 0 Å². The monoisotopic (exact) mass is 327 g/mol. The topological polar surface area (TPSA) is 76.8 Å². The smallest absolute Gasteiger partial charge is 0.341 e. The highest BCUT2D eigenvalue weighted by atomic mass is 32.2. The molecule has 1 aromatic heterocycles. The van der Waals surface area contributed by atoms with Crippen LogP contribution in [0.1, 0.15) is 48.9 Å². The first-order valence-corrected chi connectivity index (χ1v) is 9.08. The van der Waals surface area contributed by atoms with E-state index in [0.29, 0.717) is 13.1 Å². The number of rotatable bonds is 3. The summed E-state index contributed by atoms with van der Waals surface area (Å²) < 4.78 is 36.7. The first-order valence-electron chi connectivity index (χ1n) is 7.64. The Bertz CT molecular complexity index is 657. The van der Waals surface area contributed by atoms with Crippen molar-refractivity contribution >= 4 is 16.0 Å². The van der Waals surface area contributed by atoms with Gasteiger partial charge in [-0.15, -0.1) is 0 Å². The Balaban J connectivity index is 1.83. The maximum absolute atomic E-state index is 12.7. The van der Waals surface area contributed by atoms with Crippen LogP contribution in [0.25, 0.3) is 0 Å². The molecule has 0 unspecified atom stereocenters. The predicted molar refractivity (Wildman–Crippen MR) is 78.9 cm³/mol. The third-order valence-electron chi connectivity index (χ3n) is 4.88. The van der Waals surface area contributed by atoms with Crippen molar-refractivity contribution in [3.05, 3.63) is 17.9 Å². The van der Waals surface area contributed by atoms with Crippen molar-refractivity contribution in [2.75, 3.05) is 20.2 Å². The molecule has 22 heavy (non-hydrogen) atoms. The van der Waals surface area contributed by atoms with E-state index in [4.69, 9.17) is 4.42 Å². The van der Waals surface area contributed by atoms with Crippen molar-refractivity contribution in [3.63, 3.8) is 0 Å². The van der Waals surface area contributed by atoms with Gasteiger partial charge in [0.2, 0.25) is 5.09 Å². The zero-order valence-electron chi connectivity index (χ0n) is 12.7. The Hall–Kier alpha value is -1.34. The highest BCUT2D eigenvalue weighted by Gasteiger charge is 2.42. The largest absolute Gasteiger partial charge is 0.465 e. The molecule has 3 rings (SSSR count). The van der Waals surface area contributed by atoms with Gasteiger partial charge in [-0.3, -0.25) is 0 Å². The van der Waals surface area contributed by atoms with Crippen LogP contribution in [0.5, 0.6) is 0 Å². The van der Waals surface area contributed by atoms with Crippen LogP contribution in [0.2, 0.25) is 0 Å². The number of furan rings is 1. The molecule has 1 spiro atoms. The fourth-order valence-electron chi connectivity index (χ4n) is 3.70. The molecule has 1 aliphatic carbocycles. The van der Waals surface area contributed by atoms with E-state index in [2.05, 4.69) is 4.74 Å². The summed E-state index contributed by atoms with van der Waals surface area (Å²) in [5.41, 5.74) is 0.261. The van der Waals surface area contributed by atoms with Gasteiger partial charge in [0.15, 0.2) is 0 Å². The summed E-state index contributed by atoms with van der Waals surface area (Å²) in [6.45, 7) is 1.07. The van der Waals surface area contributed by atoms with Crippen molar-refractivity contribution in [3.8, 4) is 0 Å². The lowest BCUT2D eigenvalue weighted by atomic mass is 9.79. The first kappa shape index (κ1) is 15.6. The normalized spacial score (nSPS) is 22.0. The van der Waals surface area contributed by atoms with Crippen molar-refractivity contribution in [2.45, 2.75) is 43.6 Å². The number of carbonyl (C=O) groups is 1. The minimum Gasteiger partial charge on any atom is -0.465 e. The maximum Gasteiger partial charge on any atom is 0.341 e. The second kappa shape index (κ2) is 5.70. The van der Waals surface area contributed by atoms with Crippen LogP contribution in [0.4, 0.5) is 0 Å². The summed E-state index contributed by atoms with van der Waals surface area (Å²) in [4.78, 5) is 11.4. The Labute approximate surface area is 130 Å². The van der Waals surface area contributed by atoms with Gasteiger partial charge in [0.1, 0.15) is 6.26 Å². The molecule has 6 nitrogen and oxygen atoms in total. The van der Waals surface area contributed by atoms with E-state index in [-0.39, 0.29) is 16.1 Å². The summed E-state index contributed by atoms with van der Waals surface area (Å²) in [6, 6.07) is 1.25. The standard InChI is InChI=1S/C15H21NO5S/c1-20-14(17)12-9-13(21-10-12)22(18,19)16-8-4-7-15(11-16)5-2-3-6-15/h9-10H,2-8,11H2,1H3. The maximum atomic E-state index is 12.7. The van der Waals surface area contributed by atoms with E-state index in [1.807, 2.05) is 0 Å². The fourth-order valence-corrected chi connectivity index (χ4v) is 5.22. The molecule has 7 heteroatoms. The zero-order valence-corrected chi connectivity index (χ0v) is 13.5. The first-order chi connectivity index (χ1) is 10.5. The van der Waals surface area contributed by atoms with E-state index in [9.17, 15) is 13.2 Å². The SMILES string of the molecule is COC(=O)c1coc(S(=O)(=O)N2CCCC3(CCCC3)C2)c1. The van der Waals surface area contributed by atoms with E-state index in [1.54, 1.807) is 0 Å². The molecule has 0 aromatic carbocycles. The van der Waals surface area contributed by atoms with Crippen LogP contribution in [-0.4, -0.2) is 38.9 Å². The zero-order chi connectivity index (χ0) is 15.8. The lowest BCUT2D eigenvalue weighted by Gasteiger charge is -2.39. The average molecular weight is 327 g/mol. The number of hydrogen-bond donors (Lipinski definition) is 0. The minimum atomic E-state index is -3.69. The van der Waals surface area contributed by atoms with Gasteiger partial charge in [0.05, 0.1) is 12.7 Å². The van der Waals surface area contributed by atoms with Gasteiger partial charge in [0.25, 0.3) is 10.0 Å². The van der Waals surface area contributed by atoms with Gasteiger partial charge in [-0.25, -0.2) is 13.2 Å². The molecule has 0 radical (unpaired) electrons. The molecule has 0 amide bonds. The lowest BCUT2D eigenvalue weighted by molar-refractivity contribution is 0.0600. The molecule has 122 valence electrons. The minimum absolute atomic E-state index is 0.119. The van der Waals surface area contributed by atoms with Crippen LogP contribution >= 0.6 is 0 Å². The Kier molecular flexibility index (Phi) is 4.03. The summed E-state index contributed by atoms with van der Waals surface area (Å²) in [5, 5.41) is -0.178. The van der Waals surface area contributed by atoms with E-state index in [1.165, 1.54) is 30.3 Å². The molecule has 2 fully saturated rings. The Morgan fingerprint density at radius 2 is 1.95 bits per heavy atom. The summed E-state index contributed by atoms with van der Waals surface area (Å²) in [7, 11) is -2.44. The molecule has 1 saturated heterocycles. The Morgan fingerprint density at radius 3 is 2.64 bits per heavy atom. The molecule has 2 aliphatic rings. The average Bonchev–Trinajstić information content (AvgIpc) is 3.17. The van der Waals surface area contributed by atoms with Crippen molar-refractivity contribution in [1.82, 2.24) is 4.31 Å². The molecule has 0 atom stereocenters. The number of sulfonamides is 1. The summed E-state index contributed by atoms with van der Waals surface area (Å²) >= 11 is 0. The number of hydrogen-bond acceptors (Lipinski definition) is 5. The lowest BCUT2D eigenvalue weighted by Crippen LogP contribution is -2.44. The van der Waals surface area contributed by atoms with Gasteiger partial charge >= 0.3 is 5.97 Å². The van der Waals surface area contributed by atoms with Crippen molar-refractivity contribution in [2.24, 2.45) is 5.41 Å². The third kappa shape index (κ3) is 2.67. The molecule has 1 aromatic rings.